The lowest BCUT2D eigenvalue weighted by Crippen LogP contribution is -2.39. The number of carbonyl (C=O) groups excluding carboxylic acids is 1. The second-order valence-electron chi connectivity index (χ2n) is 5.07. The number of amides is 1. The molecule has 0 spiro atoms. The Labute approximate surface area is 122 Å². The standard InChI is InChI=1S/C15H17N3OS/c1-10(15-16-6-7-20-15)9-17-14(19)13-8-11-4-2-3-5-12(11)18-13/h2-7,10,13,18H,8-9H2,1H3,(H,17,19). The van der Waals surface area contributed by atoms with Gasteiger partial charge in [0.05, 0.1) is 5.01 Å². The van der Waals surface area contributed by atoms with Crippen LogP contribution in [0.2, 0.25) is 0 Å². The zero-order valence-corrected chi connectivity index (χ0v) is 12.1. The summed E-state index contributed by atoms with van der Waals surface area (Å²) in [6, 6.07) is 7.91. The molecular weight excluding hydrogens is 270 g/mol. The molecule has 1 aromatic carbocycles. The van der Waals surface area contributed by atoms with Crippen molar-refractivity contribution in [1.29, 1.82) is 0 Å². The monoisotopic (exact) mass is 287 g/mol. The van der Waals surface area contributed by atoms with Crippen LogP contribution in [0.25, 0.3) is 0 Å². The predicted octanol–water partition coefficient (Wildman–Crippen LogP) is 2.40. The van der Waals surface area contributed by atoms with Crippen molar-refractivity contribution in [3.63, 3.8) is 0 Å². The predicted molar refractivity (Wildman–Crippen MR) is 81.1 cm³/mol. The number of fused-ring (bicyclic) bond motifs is 1. The summed E-state index contributed by atoms with van der Waals surface area (Å²) < 4.78 is 0. The molecule has 1 amide bonds. The van der Waals surface area contributed by atoms with Crippen LogP contribution in [0.1, 0.15) is 23.4 Å². The molecule has 0 saturated carbocycles. The molecule has 2 aromatic rings. The molecule has 104 valence electrons. The molecule has 0 fully saturated rings. The van der Waals surface area contributed by atoms with E-state index in [0.29, 0.717) is 6.54 Å². The number of nitrogens with zero attached hydrogens (tertiary/aromatic N) is 1. The SMILES string of the molecule is CC(CNC(=O)C1Cc2ccccc2N1)c1nccs1. The van der Waals surface area contributed by atoms with E-state index < -0.39 is 0 Å². The maximum absolute atomic E-state index is 12.2. The fourth-order valence-corrected chi connectivity index (χ4v) is 3.10. The van der Waals surface area contributed by atoms with E-state index in [-0.39, 0.29) is 17.9 Å². The minimum absolute atomic E-state index is 0.0598. The highest BCUT2D eigenvalue weighted by Gasteiger charge is 2.26. The maximum atomic E-state index is 12.2. The smallest absolute Gasteiger partial charge is 0.242 e. The van der Waals surface area contributed by atoms with Crippen molar-refractivity contribution >= 4 is 22.9 Å². The molecule has 2 atom stereocenters. The third-order valence-electron chi connectivity index (χ3n) is 3.54. The Kier molecular flexibility index (Phi) is 3.69. The van der Waals surface area contributed by atoms with Crippen molar-refractivity contribution < 1.29 is 4.79 Å². The molecule has 0 aliphatic carbocycles. The third kappa shape index (κ3) is 2.67. The van der Waals surface area contributed by atoms with Gasteiger partial charge in [0.15, 0.2) is 0 Å². The van der Waals surface area contributed by atoms with Gasteiger partial charge in [-0.05, 0) is 11.6 Å². The van der Waals surface area contributed by atoms with Gasteiger partial charge in [0, 0.05) is 36.1 Å². The van der Waals surface area contributed by atoms with Gasteiger partial charge in [-0.2, -0.15) is 0 Å². The molecule has 0 radical (unpaired) electrons. The van der Waals surface area contributed by atoms with Crippen LogP contribution in [0.3, 0.4) is 0 Å². The molecule has 3 rings (SSSR count). The summed E-state index contributed by atoms with van der Waals surface area (Å²) in [5.41, 5.74) is 2.28. The van der Waals surface area contributed by atoms with Crippen LogP contribution < -0.4 is 10.6 Å². The zero-order valence-electron chi connectivity index (χ0n) is 11.3. The Hall–Kier alpha value is -1.88. The lowest BCUT2D eigenvalue weighted by Gasteiger charge is -2.14. The van der Waals surface area contributed by atoms with Crippen molar-refractivity contribution in [2.75, 3.05) is 11.9 Å². The molecule has 2 heterocycles. The third-order valence-corrected chi connectivity index (χ3v) is 4.55. The van der Waals surface area contributed by atoms with Crippen molar-refractivity contribution in [2.45, 2.75) is 25.3 Å². The van der Waals surface area contributed by atoms with Gasteiger partial charge >= 0.3 is 0 Å². The van der Waals surface area contributed by atoms with E-state index in [1.165, 1.54) is 5.56 Å². The molecule has 4 nitrogen and oxygen atoms in total. The number of rotatable bonds is 4. The van der Waals surface area contributed by atoms with E-state index in [1.807, 2.05) is 23.6 Å². The summed E-state index contributed by atoms with van der Waals surface area (Å²) in [4.78, 5) is 16.5. The topological polar surface area (TPSA) is 54.0 Å². The number of aromatic nitrogens is 1. The summed E-state index contributed by atoms with van der Waals surface area (Å²) >= 11 is 1.63. The average molecular weight is 287 g/mol. The number of thiazole rings is 1. The molecule has 2 unspecified atom stereocenters. The largest absolute Gasteiger partial charge is 0.373 e. The van der Waals surface area contributed by atoms with E-state index >= 15 is 0 Å². The van der Waals surface area contributed by atoms with Crippen molar-refractivity contribution in [3.05, 3.63) is 46.4 Å². The lowest BCUT2D eigenvalue weighted by atomic mass is 10.1. The van der Waals surface area contributed by atoms with E-state index in [9.17, 15) is 4.79 Å². The van der Waals surface area contributed by atoms with Crippen molar-refractivity contribution in [2.24, 2.45) is 0 Å². The Bertz CT molecular complexity index is 572. The Morgan fingerprint density at radius 2 is 2.40 bits per heavy atom. The minimum Gasteiger partial charge on any atom is -0.373 e. The number of anilines is 1. The van der Waals surface area contributed by atoms with Gasteiger partial charge in [-0.3, -0.25) is 4.79 Å². The highest BCUT2D eigenvalue weighted by atomic mass is 32.1. The number of hydrogen-bond acceptors (Lipinski definition) is 4. The summed E-state index contributed by atoms with van der Waals surface area (Å²) in [7, 11) is 0. The Balaban J connectivity index is 1.54. The van der Waals surface area contributed by atoms with E-state index in [1.54, 1.807) is 17.5 Å². The minimum atomic E-state index is -0.157. The Morgan fingerprint density at radius 3 is 3.15 bits per heavy atom. The molecule has 2 N–H and O–H groups in total. The Morgan fingerprint density at radius 1 is 1.55 bits per heavy atom. The zero-order chi connectivity index (χ0) is 13.9. The first-order chi connectivity index (χ1) is 9.74. The molecule has 0 saturated heterocycles. The number of nitrogens with one attached hydrogen (secondary N) is 2. The molecule has 1 aliphatic heterocycles. The summed E-state index contributed by atoms with van der Waals surface area (Å²) in [6.07, 6.45) is 2.56. The number of hydrogen-bond donors (Lipinski definition) is 2. The molecule has 5 heteroatoms. The first-order valence-corrected chi connectivity index (χ1v) is 7.63. The van der Waals surface area contributed by atoms with E-state index in [4.69, 9.17) is 0 Å². The summed E-state index contributed by atoms with van der Waals surface area (Å²) in [6.45, 7) is 2.71. The summed E-state index contributed by atoms with van der Waals surface area (Å²) in [5, 5.41) is 9.30. The van der Waals surface area contributed by atoms with Crippen molar-refractivity contribution in [1.82, 2.24) is 10.3 Å². The first kappa shape index (κ1) is 13.1. The van der Waals surface area contributed by atoms with Gasteiger partial charge < -0.3 is 10.6 Å². The second kappa shape index (κ2) is 5.63. The fraction of sp³-hybridized carbons (Fsp3) is 0.333. The van der Waals surface area contributed by atoms with Crippen LogP contribution in [0.15, 0.2) is 35.8 Å². The van der Waals surface area contributed by atoms with E-state index in [0.717, 1.165) is 17.1 Å². The van der Waals surface area contributed by atoms with Crippen LogP contribution in [0, 0.1) is 0 Å². The number of carbonyl (C=O) groups is 1. The molecule has 20 heavy (non-hydrogen) atoms. The van der Waals surface area contributed by atoms with Gasteiger partial charge in [0.1, 0.15) is 6.04 Å². The van der Waals surface area contributed by atoms with Crippen LogP contribution in [0.5, 0.6) is 0 Å². The maximum Gasteiger partial charge on any atom is 0.242 e. The van der Waals surface area contributed by atoms with Gasteiger partial charge in [0.2, 0.25) is 5.91 Å². The molecule has 0 bridgehead atoms. The fourth-order valence-electron chi connectivity index (χ4n) is 2.40. The van der Waals surface area contributed by atoms with Gasteiger partial charge in [-0.25, -0.2) is 4.98 Å². The van der Waals surface area contributed by atoms with Crippen LogP contribution in [-0.4, -0.2) is 23.5 Å². The van der Waals surface area contributed by atoms with Crippen molar-refractivity contribution in [3.8, 4) is 0 Å². The number of para-hydroxylation sites is 1. The van der Waals surface area contributed by atoms with Gasteiger partial charge in [-0.1, -0.05) is 25.1 Å². The molecule has 1 aliphatic rings. The first-order valence-electron chi connectivity index (χ1n) is 6.75. The highest BCUT2D eigenvalue weighted by molar-refractivity contribution is 7.09. The lowest BCUT2D eigenvalue weighted by molar-refractivity contribution is -0.121. The average Bonchev–Trinajstić information content (AvgIpc) is 3.12. The molecular formula is C15H17N3OS. The normalized spacial score (nSPS) is 18.1. The van der Waals surface area contributed by atoms with Crippen LogP contribution >= 0.6 is 11.3 Å². The summed E-state index contributed by atoms with van der Waals surface area (Å²) in [5.74, 6) is 0.312. The highest BCUT2D eigenvalue weighted by Crippen LogP contribution is 2.25. The second-order valence-corrected chi connectivity index (χ2v) is 6.00. The number of benzene rings is 1. The molecule has 1 aromatic heterocycles. The van der Waals surface area contributed by atoms with Crippen LogP contribution in [-0.2, 0) is 11.2 Å². The van der Waals surface area contributed by atoms with Gasteiger partial charge in [0.25, 0.3) is 0 Å². The van der Waals surface area contributed by atoms with E-state index in [2.05, 4.69) is 28.6 Å². The quantitative estimate of drug-likeness (QED) is 0.908. The van der Waals surface area contributed by atoms with Crippen LogP contribution in [0.4, 0.5) is 5.69 Å². The van der Waals surface area contributed by atoms with Gasteiger partial charge in [-0.15, -0.1) is 11.3 Å².